The maximum atomic E-state index is 12.9. The molecule has 18 heavy (non-hydrogen) atoms. The second kappa shape index (κ2) is 7.03. The lowest BCUT2D eigenvalue weighted by atomic mass is 10.3. The third kappa shape index (κ3) is 4.05. The fraction of sp³-hybridized carbons (Fsp3) is 0.538. The molecule has 102 valence electrons. The van der Waals surface area contributed by atoms with E-state index in [0.29, 0.717) is 5.78 Å². The van der Waals surface area contributed by atoms with Crippen LogP contribution in [0.3, 0.4) is 0 Å². The molecule has 0 amide bonds. The molecule has 0 saturated heterocycles. The van der Waals surface area contributed by atoms with E-state index in [0.717, 1.165) is 12.5 Å². The first kappa shape index (κ1) is 16.5. The summed E-state index contributed by atoms with van der Waals surface area (Å²) in [7, 11) is 0. The van der Waals surface area contributed by atoms with Crippen molar-refractivity contribution in [3.8, 4) is 0 Å². The van der Waals surface area contributed by atoms with Crippen LogP contribution in [0.25, 0.3) is 5.78 Å². The zero-order valence-electron chi connectivity index (χ0n) is 11.8. The summed E-state index contributed by atoms with van der Waals surface area (Å²) in [6.07, 6.45) is 4.61. The van der Waals surface area contributed by atoms with Gasteiger partial charge in [0.15, 0.2) is 0 Å². The second-order valence-electron chi connectivity index (χ2n) is 3.35. The van der Waals surface area contributed by atoms with E-state index in [2.05, 4.69) is 9.97 Å². The van der Waals surface area contributed by atoms with Gasteiger partial charge in [0.05, 0.1) is 0 Å². The number of alkyl halides is 2. The Morgan fingerprint density at radius 2 is 1.67 bits per heavy atom. The van der Waals surface area contributed by atoms with Crippen molar-refractivity contribution >= 4 is 5.78 Å². The van der Waals surface area contributed by atoms with Crippen LogP contribution < -0.4 is 0 Å². The monoisotopic (exact) mass is 257 g/mol. The van der Waals surface area contributed by atoms with Crippen molar-refractivity contribution in [1.82, 2.24) is 14.4 Å². The molecule has 3 nitrogen and oxygen atoms in total. The Hall–Kier alpha value is -1.52. The van der Waals surface area contributed by atoms with Gasteiger partial charge in [-0.15, -0.1) is 0 Å². The standard InChI is InChI=1S/C9H9F2N3.2C2H6/c1-6-3-12-8-13-7(9(2,10)11)5-14(8)4-6;2*1-2/h3-5H,1-2H3;2*1-2H3. The maximum Gasteiger partial charge on any atom is 0.288 e. The van der Waals surface area contributed by atoms with Crippen molar-refractivity contribution in [2.75, 3.05) is 0 Å². The Balaban J connectivity index is 0.000000659. The van der Waals surface area contributed by atoms with E-state index in [1.807, 2.05) is 34.6 Å². The van der Waals surface area contributed by atoms with Gasteiger partial charge >= 0.3 is 0 Å². The van der Waals surface area contributed by atoms with Gasteiger partial charge in [-0.25, -0.2) is 9.97 Å². The third-order valence-electron chi connectivity index (χ3n) is 1.89. The summed E-state index contributed by atoms with van der Waals surface area (Å²) in [5, 5.41) is 0. The SMILES string of the molecule is CC.CC.Cc1cnc2nc(C(C)(F)F)cn2c1. The smallest absolute Gasteiger partial charge is 0.288 e. The molecule has 2 aromatic heterocycles. The summed E-state index contributed by atoms with van der Waals surface area (Å²) in [5.41, 5.74) is 0.650. The van der Waals surface area contributed by atoms with Crippen molar-refractivity contribution in [1.29, 1.82) is 0 Å². The van der Waals surface area contributed by atoms with E-state index in [9.17, 15) is 8.78 Å². The highest BCUT2D eigenvalue weighted by Crippen LogP contribution is 2.25. The lowest BCUT2D eigenvalue weighted by molar-refractivity contribution is 0.0133. The van der Waals surface area contributed by atoms with Gasteiger partial charge in [-0.2, -0.15) is 8.78 Å². The quantitative estimate of drug-likeness (QED) is 0.766. The Morgan fingerprint density at radius 3 is 2.17 bits per heavy atom. The zero-order valence-corrected chi connectivity index (χ0v) is 11.8. The van der Waals surface area contributed by atoms with Crippen molar-refractivity contribution in [3.05, 3.63) is 29.8 Å². The first-order valence-corrected chi connectivity index (χ1v) is 6.16. The average molecular weight is 257 g/mol. The van der Waals surface area contributed by atoms with E-state index in [1.54, 1.807) is 12.4 Å². The number of nitrogens with zero attached hydrogens (tertiary/aromatic N) is 3. The Morgan fingerprint density at radius 1 is 1.11 bits per heavy atom. The topological polar surface area (TPSA) is 30.2 Å². The number of imidazole rings is 1. The summed E-state index contributed by atoms with van der Waals surface area (Å²) in [5.74, 6) is -2.62. The van der Waals surface area contributed by atoms with E-state index in [1.165, 1.54) is 10.6 Å². The molecule has 0 aliphatic carbocycles. The highest BCUT2D eigenvalue weighted by Gasteiger charge is 2.27. The summed E-state index contributed by atoms with van der Waals surface area (Å²) in [4.78, 5) is 7.66. The minimum absolute atomic E-state index is 0.254. The van der Waals surface area contributed by atoms with Crippen LogP contribution in [-0.4, -0.2) is 14.4 Å². The van der Waals surface area contributed by atoms with Crippen molar-refractivity contribution in [2.45, 2.75) is 47.5 Å². The normalized spacial score (nSPS) is 10.2. The number of fused-ring (bicyclic) bond motifs is 1. The van der Waals surface area contributed by atoms with Crippen LogP contribution >= 0.6 is 0 Å². The van der Waals surface area contributed by atoms with Crippen LogP contribution in [0.2, 0.25) is 0 Å². The zero-order chi connectivity index (χ0) is 14.3. The molecule has 0 saturated carbocycles. The number of hydrogen-bond acceptors (Lipinski definition) is 2. The maximum absolute atomic E-state index is 12.9. The third-order valence-corrected chi connectivity index (χ3v) is 1.89. The average Bonchev–Trinajstić information content (AvgIpc) is 2.77. The molecular formula is C13H21F2N3. The molecule has 2 aromatic rings. The molecule has 2 rings (SSSR count). The number of halogens is 2. The Labute approximate surface area is 107 Å². The van der Waals surface area contributed by atoms with Crippen molar-refractivity contribution < 1.29 is 8.78 Å². The minimum atomic E-state index is -2.92. The molecule has 0 unspecified atom stereocenters. The summed E-state index contributed by atoms with van der Waals surface area (Å²) in [6.45, 7) is 10.7. The molecule has 0 aliphatic rings. The largest absolute Gasteiger partial charge is 0.290 e. The first-order valence-electron chi connectivity index (χ1n) is 6.16. The Kier molecular flexibility index (Phi) is 6.44. The van der Waals surface area contributed by atoms with Crippen LogP contribution in [0.15, 0.2) is 18.6 Å². The predicted octanol–water partition coefficient (Wildman–Crippen LogP) is 4.20. The highest BCUT2D eigenvalue weighted by atomic mass is 19.3. The summed E-state index contributed by atoms with van der Waals surface area (Å²) in [6, 6.07) is 0. The van der Waals surface area contributed by atoms with E-state index < -0.39 is 5.92 Å². The van der Waals surface area contributed by atoms with Crippen LogP contribution in [0, 0.1) is 6.92 Å². The van der Waals surface area contributed by atoms with Gasteiger partial charge in [0.25, 0.3) is 5.92 Å². The predicted molar refractivity (Wildman–Crippen MR) is 70.0 cm³/mol. The van der Waals surface area contributed by atoms with Crippen LogP contribution in [-0.2, 0) is 5.92 Å². The molecular weight excluding hydrogens is 236 g/mol. The van der Waals surface area contributed by atoms with Crippen LogP contribution in [0.4, 0.5) is 8.78 Å². The van der Waals surface area contributed by atoms with Gasteiger partial charge in [0.2, 0.25) is 5.78 Å². The molecule has 0 atom stereocenters. The highest BCUT2D eigenvalue weighted by molar-refractivity contribution is 5.32. The molecule has 0 spiro atoms. The van der Waals surface area contributed by atoms with Crippen molar-refractivity contribution in [3.63, 3.8) is 0 Å². The van der Waals surface area contributed by atoms with Gasteiger partial charge < -0.3 is 0 Å². The second-order valence-corrected chi connectivity index (χ2v) is 3.35. The molecule has 0 radical (unpaired) electrons. The fourth-order valence-corrected chi connectivity index (χ4v) is 1.20. The number of hydrogen-bond donors (Lipinski definition) is 0. The molecule has 0 aliphatic heterocycles. The van der Waals surface area contributed by atoms with Crippen LogP contribution in [0.5, 0.6) is 0 Å². The summed E-state index contributed by atoms with van der Waals surface area (Å²) >= 11 is 0. The first-order chi connectivity index (χ1) is 8.47. The van der Waals surface area contributed by atoms with Gasteiger partial charge in [0.1, 0.15) is 5.69 Å². The van der Waals surface area contributed by atoms with Crippen LogP contribution in [0.1, 0.15) is 45.9 Å². The van der Waals surface area contributed by atoms with E-state index in [4.69, 9.17) is 0 Å². The minimum Gasteiger partial charge on any atom is -0.290 e. The Bertz CT molecular complexity index is 473. The fourth-order valence-electron chi connectivity index (χ4n) is 1.20. The number of aryl methyl sites for hydroxylation is 1. The van der Waals surface area contributed by atoms with Gasteiger partial charge in [-0.3, -0.25) is 4.40 Å². The molecule has 0 N–H and O–H groups in total. The molecule has 0 fully saturated rings. The van der Waals surface area contributed by atoms with Gasteiger partial charge in [0, 0.05) is 25.5 Å². The van der Waals surface area contributed by atoms with Gasteiger partial charge in [-0.1, -0.05) is 27.7 Å². The molecule has 0 bridgehead atoms. The lowest BCUT2D eigenvalue weighted by Gasteiger charge is -2.03. The van der Waals surface area contributed by atoms with Gasteiger partial charge in [-0.05, 0) is 12.5 Å². The lowest BCUT2D eigenvalue weighted by Crippen LogP contribution is -2.06. The van der Waals surface area contributed by atoms with E-state index in [-0.39, 0.29) is 5.69 Å². The molecule has 2 heterocycles. The molecule has 5 heteroatoms. The number of aromatic nitrogens is 3. The molecule has 0 aromatic carbocycles. The van der Waals surface area contributed by atoms with Crippen molar-refractivity contribution in [2.24, 2.45) is 0 Å². The number of rotatable bonds is 1. The summed E-state index contributed by atoms with van der Waals surface area (Å²) < 4.78 is 27.3. The van der Waals surface area contributed by atoms with E-state index >= 15 is 0 Å².